The minimum atomic E-state index is -0.822. The summed E-state index contributed by atoms with van der Waals surface area (Å²) in [5.41, 5.74) is 0.789. The number of rotatable bonds is 4. The zero-order chi connectivity index (χ0) is 12.7. The second-order valence-electron chi connectivity index (χ2n) is 4.75. The molecule has 96 valence electrons. The molecule has 0 saturated heterocycles. The Balaban J connectivity index is 2.17. The fourth-order valence-electron chi connectivity index (χ4n) is 2.24. The molecule has 1 aliphatic rings. The highest BCUT2D eigenvalue weighted by atomic mass is 35.5. The second-order valence-corrected chi connectivity index (χ2v) is 5.13. The number of imidazole rings is 1. The van der Waals surface area contributed by atoms with Crippen molar-refractivity contribution in [3.05, 3.63) is 29.6 Å². The first kappa shape index (κ1) is 11.9. The summed E-state index contributed by atoms with van der Waals surface area (Å²) in [6.45, 7) is 0.711. The van der Waals surface area contributed by atoms with Crippen molar-refractivity contribution in [2.75, 3.05) is 5.88 Å². The lowest BCUT2D eigenvalue weighted by Gasteiger charge is -2.08. The number of benzene rings is 1. The molecule has 1 aromatic heterocycles. The Morgan fingerprint density at radius 2 is 2.11 bits per heavy atom. The first-order valence-electron chi connectivity index (χ1n) is 6.09. The van der Waals surface area contributed by atoms with Crippen LogP contribution in [0.4, 0.5) is 8.78 Å². The van der Waals surface area contributed by atoms with Gasteiger partial charge in [-0.3, -0.25) is 0 Å². The van der Waals surface area contributed by atoms with Crippen LogP contribution < -0.4 is 0 Å². The number of hydrogen-bond acceptors (Lipinski definition) is 1. The lowest BCUT2D eigenvalue weighted by atomic mass is 10.3. The molecule has 0 bridgehead atoms. The number of hydrogen-bond donors (Lipinski definition) is 0. The van der Waals surface area contributed by atoms with Crippen molar-refractivity contribution >= 4 is 22.6 Å². The van der Waals surface area contributed by atoms with Gasteiger partial charge in [-0.15, -0.1) is 11.6 Å². The van der Waals surface area contributed by atoms with E-state index in [2.05, 4.69) is 4.98 Å². The fourth-order valence-corrected chi connectivity index (χ4v) is 2.40. The quantitative estimate of drug-likeness (QED) is 0.778. The predicted molar refractivity (Wildman–Crippen MR) is 66.8 cm³/mol. The Labute approximate surface area is 109 Å². The monoisotopic (exact) mass is 270 g/mol. The third-order valence-electron chi connectivity index (χ3n) is 3.33. The van der Waals surface area contributed by atoms with Crippen LogP contribution >= 0.6 is 11.6 Å². The van der Waals surface area contributed by atoms with Crippen LogP contribution in [0.5, 0.6) is 0 Å². The highest BCUT2D eigenvalue weighted by Crippen LogP contribution is 2.33. The highest BCUT2D eigenvalue weighted by Gasteiger charge is 2.25. The second kappa shape index (κ2) is 4.50. The number of aryl methyl sites for hydroxylation is 1. The molecule has 1 saturated carbocycles. The molecule has 1 fully saturated rings. The first-order valence-corrected chi connectivity index (χ1v) is 6.63. The van der Waals surface area contributed by atoms with E-state index in [0.717, 1.165) is 24.7 Å². The van der Waals surface area contributed by atoms with Gasteiger partial charge in [-0.05, 0) is 30.9 Å². The smallest absolute Gasteiger partial charge is 0.184 e. The molecular weight excluding hydrogens is 258 g/mol. The first-order chi connectivity index (χ1) is 8.70. The number of alkyl halides is 1. The van der Waals surface area contributed by atoms with Crippen molar-refractivity contribution in [1.82, 2.24) is 9.55 Å². The van der Waals surface area contributed by atoms with Crippen LogP contribution in [-0.2, 0) is 13.0 Å². The maximum Gasteiger partial charge on any atom is 0.184 e. The molecule has 3 rings (SSSR count). The molecule has 0 unspecified atom stereocenters. The summed E-state index contributed by atoms with van der Waals surface area (Å²) in [4.78, 5) is 4.36. The molecule has 2 nitrogen and oxygen atoms in total. The van der Waals surface area contributed by atoms with Crippen LogP contribution in [0.1, 0.15) is 18.7 Å². The van der Waals surface area contributed by atoms with Gasteiger partial charge in [0.25, 0.3) is 0 Å². The van der Waals surface area contributed by atoms with Crippen molar-refractivity contribution < 1.29 is 8.78 Å². The van der Waals surface area contributed by atoms with Crippen molar-refractivity contribution in [1.29, 1.82) is 0 Å². The Morgan fingerprint density at radius 1 is 1.33 bits per heavy atom. The Kier molecular flexibility index (Phi) is 2.98. The summed E-state index contributed by atoms with van der Waals surface area (Å²) in [7, 11) is 0. The highest BCUT2D eigenvalue weighted by molar-refractivity contribution is 6.17. The normalized spacial score (nSPS) is 15.5. The molecule has 0 aliphatic heterocycles. The lowest BCUT2D eigenvalue weighted by Crippen LogP contribution is -2.07. The molecule has 18 heavy (non-hydrogen) atoms. The van der Waals surface area contributed by atoms with Crippen LogP contribution in [0.25, 0.3) is 11.0 Å². The maximum atomic E-state index is 13.9. The van der Waals surface area contributed by atoms with Crippen molar-refractivity contribution in [2.45, 2.75) is 25.8 Å². The Morgan fingerprint density at radius 3 is 2.78 bits per heavy atom. The van der Waals surface area contributed by atoms with E-state index in [1.165, 1.54) is 6.07 Å². The van der Waals surface area contributed by atoms with Gasteiger partial charge in [0.15, 0.2) is 11.6 Å². The minimum absolute atomic E-state index is 0.280. The van der Waals surface area contributed by atoms with Crippen LogP contribution in [0, 0.1) is 17.6 Å². The van der Waals surface area contributed by atoms with E-state index < -0.39 is 11.6 Å². The standard InChI is InChI=1S/C13H13ClF2N2/c14-6-5-11-17-10-4-3-9(15)12(16)13(10)18(11)7-8-1-2-8/h3-4,8H,1-2,5-7H2. The summed E-state index contributed by atoms with van der Waals surface area (Å²) in [5.74, 6) is 0.117. The summed E-state index contributed by atoms with van der Waals surface area (Å²) in [6, 6.07) is 2.64. The Hall–Kier alpha value is -1.16. The lowest BCUT2D eigenvalue weighted by molar-refractivity contribution is 0.507. The minimum Gasteiger partial charge on any atom is -0.325 e. The topological polar surface area (TPSA) is 17.8 Å². The van der Waals surface area contributed by atoms with Gasteiger partial charge in [-0.2, -0.15) is 0 Å². The largest absolute Gasteiger partial charge is 0.325 e. The summed E-state index contributed by atoms with van der Waals surface area (Å²) < 4.78 is 29.0. The van der Waals surface area contributed by atoms with E-state index in [4.69, 9.17) is 11.6 Å². The predicted octanol–water partition coefficient (Wildman–Crippen LogP) is 3.51. The SMILES string of the molecule is Fc1ccc2nc(CCCl)n(CC3CC3)c2c1F. The van der Waals surface area contributed by atoms with E-state index in [1.54, 1.807) is 4.57 Å². The molecule has 0 N–H and O–H groups in total. The van der Waals surface area contributed by atoms with Gasteiger partial charge in [0, 0.05) is 18.8 Å². The molecule has 0 radical (unpaired) electrons. The van der Waals surface area contributed by atoms with Crippen LogP contribution in [-0.4, -0.2) is 15.4 Å². The molecule has 1 aromatic carbocycles. The van der Waals surface area contributed by atoms with Crippen molar-refractivity contribution in [3.63, 3.8) is 0 Å². The molecule has 2 aromatic rings. The van der Waals surface area contributed by atoms with Gasteiger partial charge in [0.1, 0.15) is 11.3 Å². The third-order valence-corrected chi connectivity index (χ3v) is 3.52. The van der Waals surface area contributed by atoms with Gasteiger partial charge in [-0.1, -0.05) is 0 Å². The van der Waals surface area contributed by atoms with Crippen LogP contribution in [0.3, 0.4) is 0 Å². The van der Waals surface area contributed by atoms with Crippen LogP contribution in [0.2, 0.25) is 0 Å². The summed E-state index contributed by atoms with van der Waals surface area (Å²) >= 11 is 5.74. The summed E-state index contributed by atoms with van der Waals surface area (Å²) in [5, 5.41) is 0. The molecule has 0 amide bonds. The van der Waals surface area contributed by atoms with Crippen molar-refractivity contribution in [3.8, 4) is 0 Å². The van der Waals surface area contributed by atoms with Gasteiger partial charge in [0.2, 0.25) is 0 Å². The molecular formula is C13H13ClF2N2. The van der Waals surface area contributed by atoms with Crippen LogP contribution in [0.15, 0.2) is 12.1 Å². The summed E-state index contributed by atoms with van der Waals surface area (Å²) in [6.07, 6.45) is 2.87. The molecule has 0 spiro atoms. The van der Waals surface area contributed by atoms with E-state index in [-0.39, 0.29) is 5.52 Å². The molecule has 1 aliphatic carbocycles. The fraction of sp³-hybridized carbons (Fsp3) is 0.462. The van der Waals surface area contributed by atoms with Crippen molar-refractivity contribution in [2.24, 2.45) is 5.92 Å². The van der Waals surface area contributed by atoms with Gasteiger partial charge in [0.05, 0.1) is 5.52 Å². The van der Waals surface area contributed by atoms with Gasteiger partial charge in [-0.25, -0.2) is 13.8 Å². The molecule has 5 heteroatoms. The maximum absolute atomic E-state index is 13.9. The third kappa shape index (κ3) is 1.99. The van der Waals surface area contributed by atoms with E-state index in [9.17, 15) is 8.78 Å². The number of fused-ring (bicyclic) bond motifs is 1. The zero-order valence-corrected chi connectivity index (χ0v) is 10.6. The number of aromatic nitrogens is 2. The number of nitrogens with zero attached hydrogens (tertiary/aromatic N) is 2. The molecule has 0 atom stereocenters. The average molecular weight is 271 g/mol. The Bertz CT molecular complexity index is 590. The van der Waals surface area contributed by atoms with E-state index in [1.807, 2.05) is 0 Å². The van der Waals surface area contributed by atoms with Gasteiger partial charge < -0.3 is 4.57 Å². The average Bonchev–Trinajstić information content (AvgIpc) is 3.09. The zero-order valence-electron chi connectivity index (χ0n) is 9.80. The number of halogens is 3. The van der Waals surface area contributed by atoms with Gasteiger partial charge >= 0.3 is 0 Å². The van der Waals surface area contributed by atoms with E-state index in [0.29, 0.717) is 30.3 Å². The molecule has 1 heterocycles. The van der Waals surface area contributed by atoms with E-state index >= 15 is 0 Å².